The van der Waals surface area contributed by atoms with Gasteiger partial charge in [-0.15, -0.1) is 21.5 Å². The van der Waals surface area contributed by atoms with Crippen LogP contribution in [0.2, 0.25) is 0 Å². The Kier molecular flexibility index (Phi) is 10.3. The summed E-state index contributed by atoms with van der Waals surface area (Å²) >= 11 is 1.65. The monoisotopic (exact) mass is 674 g/mol. The highest BCUT2D eigenvalue weighted by Gasteiger charge is 2.38. The van der Waals surface area contributed by atoms with Crippen LogP contribution in [0.15, 0.2) is 47.5 Å². The lowest BCUT2D eigenvalue weighted by Gasteiger charge is -2.14. The summed E-state index contributed by atoms with van der Waals surface area (Å²) in [5.41, 5.74) is 5.48. The van der Waals surface area contributed by atoms with E-state index in [9.17, 15) is 22.8 Å². The second-order valence-corrected chi connectivity index (χ2v) is 11.3. The first-order chi connectivity index (χ1) is 22.2. The number of ether oxygens (including phenoxy) is 3. The largest absolute Gasteiger partial charge is 0.496 e. The van der Waals surface area contributed by atoms with Gasteiger partial charge in [-0.2, -0.15) is 13.2 Å². The number of hydrogen-bond acceptors (Lipinski definition) is 10. The number of nitrogens with zero attached hydrogens (tertiary/aromatic N) is 4. The van der Waals surface area contributed by atoms with Crippen LogP contribution in [0.1, 0.15) is 45.7 Å². The van der Waals surface area contributed by atoms with E-state index in [0.29, 0.717) is 17.3 Å². The van der Waals surface area contributed by atoms with Gasteiger partial charge in [-0.1, -0.05) is 24.3 Å². The van der Waals surface area contributed by atoms with Crippen LogP contribution < -0.4 is 9.47 Å². The van der Waals surface area contributed by atoms with E-state index in [2.05, 4.69) is 24.0 Å². The number of hydrogen-bond donors (Lipinski definition) is 2. The summed E-state index contributed by atoms with van der Waals surface area (Å²) in [5.74, 6) is -1.90. The number of esters is 1. The van der Waals surface area contributed by atoms with Crippen molar-refractivity contribution >= 4 is 35.0 Å². The highest BCUT2D eigenvalue weighted by Crippen LogP contribution is 2.40. The van der Waals surface area contributed by atoms with Crippen LogP contribution in [0.3, 0.4) is 0 Å². The SMILES string of the molecule is COC(=O)C[C@@H]1N=C(c2ccc(-c3ccc(OCC(=O)O)cc3OC)cc2)c2c(sc(C)c2C)-n2c(C)nnc21.O=C(O)C(F)(F)F. The van der Waals surface area contributed by atoms with E-state index in [-0.39, 0.29) is 12.4 Å². The lowest BCUT2D eigenvalue weighted by Crippen LogP contribution is -2.21. The second kappa shape index (κ2) is 14.0. The van der Waals surface area contributed by atoms with Gasteiger partial charge in [-0.3, -0.25) is 14.4 Å². The number of aliphatic carboxylic acids is 2. The molecule has 1 aliphatic heterocycles. The third-order valence-corrected chi connectivity index (χ3v) is 8.27. The fourth-order valence-corrected chi connectivity index (χ4v) is 5.93. The van der Waals surface area contributed by atoms with Gasteiger partial charge in [0.1, 0.15) is 28.4 Å². The van der Waals surface area contributed by atoms with E-state index in [1.807, 2.05) is 41.8 Å². The van der Waals surface area contributed by atoms with Crippen molar-refractivity contribution in [1.82, 2.24) is 14.8 Å². The van der Waals surface area contributed by atoms with Crippen molar-refractivity contribution < 1.29 is 52.0 Å². The van der Waals surface area contributed by atoms with E-state index in [1.54, 1.807) is 30.6 Å². The molecule has 0 fully saturated rings. The molecule has 2 aromatic heterocycles. The topological polar surface area (TPSA) is 162 Å². The fourth-order valence-electron chi connectivity index (χ4n) is 4.72. The molecule has 0 spiro atoms. The third kappa shape index (κ3) is 7.60. The van der Waals surface area contributed by atoms with Crippen molar-refractivity contribution in [1.29, 1.82) is 0 Å². The lowest BCUT2D eigenvalue weighted by molar-refractivity contribution is -0.192. The average molecular weight is 675 g/mol. The molecule has 1 aliphatic rings. The maximum atomic E-state index is 12.3. The summed E-state index contributed by atoms with van der Waals surface area (Å²) in [6.07, 6.45) is -5.04. The quantitative estimate of drug-likeness (QED) is 0.229. The number of fused-ring (bicyclic) bond motifs is 3. The summed E-state index contributed by atoms with van der Waals surface area (Å²) < 4.78 is 49.6. The van der Waals surface area contributed by atoms with Gasteiger partial charge in [0.25, 0.3) is 0 Å². The van der Waals surface area contributed by atoms with Crippen molar-refractivity contribution in [2.24, 2.45) is 4.99 Å². The Balaban J connectivity index is 0.000000644. The van der Waals surface area contributed by atoms with E-state index in [1.165, 1.54) is 7.11 Å². The molecule has 0 bridgehead atoms. The number of halogens is 3. The minimum absolute atomic E-state index is 0.0384. The number of thiophene rings is 1. The van der Waals surface area contributed by atoms with Gasteiger partial charge in [-0.25, -0.2) is 9.59 Å². The molecular weight excluding hydrogens is 645 g/mol. The van der Waals surface area contributed by atoms with Gasteiger partial charge >= 0.3 is 24.1 Å². The predicted octanol–water partition coefficient (Wildman–Crippen LogP) is 5.48. The lowest BCUT2D eigenvalue weighted by atomic mass is 9.96. The van der Waals surface area contributed by atoms with Crippen LogP contribution in [0.5, 0.6) is 11.5 Å². The number of rotatable bonds is 8. The molecule has 16 heteroatoms. The Labute approximate surface area is 270 Å². The minimum Gasteiger partial charge on any atom is -0.496 e. The molecule has 0 amide bonds. The number of carboxylic acid groups (broad SMARTS) is 2. The molecule has 0 saturated carbocycles. The molecule has 2 N–H and O–H groups in total. The number of carboxylic acids is 2. The third-order valence-electron chi connectivity index (χ3n) is 7.07. The first-order valence-corrected chi connectivity index (χ1v) is 14.6. The van der Waals surface area contributed by atoms with Crippen molar-refractivity contribution in [3.8, 4) is 27.6 Å². The van der Waals surface area contributed by atoms with E-state index in [0.717, 1.165) is 49.2 Å². The maximum absolute atomic E-state index is 12.3. The average Bonchev–Trinajstić information content (AvgIpc) is 3.51. The van der Waals surface area contributed by atoms with Crippen molar-refractivity contribution in [3.05, 3.63) is 75.7 Å². The molecule has 1 atom stereocenters. The zero-order chi connectivity index (χ0) is 34.6. The summed E-state index contributed by atoms with van der Waals surface area (Å²) in [6, 6.07) is 12.6. The van der Waals surface area contributed by atoms with Gasteiger partial charge in [0.15, 0.2) is 12.4 Å². The number of carbonyl (C=O) groups is 3. The van der Waals surface area contributed by atoms with E-state index < -0.39 is 30.8 Å². The molecule has 248 valence electrons. The number of alkyl halides is 3. The normalized spacial score (nSPS) is 13.6. The summed E-state index contributed by atoms with van der Waals surface area (Å²) in [6.45, 7) is 5.62. The van der Waals surface area contributed by atoms with Crippen LogP contribution in [0.25, 0.3) is 16.1 Å². The number of methoxy groups -OCH3 is 2. The van der Waals surface area contributed by atoms with Gasteiger partial charge in [0, 0.05) is 27.6 Å². The minimum atomic E-state index is -5.08. The molecule has 2 aromatic carbocycles. The van der Waals surface area contributed by atoms with Gasteiger partial charge in [0.05, 0.1) is 26.4 Å². The molecule has 0 aliphatic carbocycles. The molecular formula is C31H29F3N4O8S. The van der Waals surface area contributed by atoms with Crippen LogP contribution in [-0.2, 0) is 19.1 Å². The Bertz CT molecular complexity index is 1850. The zero-order valence-corrected chi connectivity index (χ0v) is 26.5. The first-order valence-electron chi connectivity index (χ1n) is 13.8. The number of aryl methyl sites for hydroxylation is 2. The van der Waals surface area contributed by atoms with Crippen molar-refractivity contribution in [3.63, 3.8) is 0 Å². The van der Waals surface area contributed by atoms with Crippen molar-refractivity contribution in [2.45, 2.75) is 39.4 Å². The predicted molar refractivity (Wildman–Crippen MR) is 164 cm³/mol. The van der Waals surface area contributed by atoms with Crippen LogP contribution in [0.4, 0.5) is 13.2 Å². The Morgan fingerprint density at radius 1 is 0.979 bits per heavy atom. The Morgan fingerprint density at radius 2 is 1.62 bits per heavy atom. The molecule has 12 nitrogen and oxygen atoms in total. The first kappa shape index (κ1) is 34.6. The van der Waals surface area contributed by atoms with E-state index >= 15 is 0 Å². The molecule has 0 radical (unpaired) electrons. The fraction of sp³-hybridized carbons (Fsp3) is 0.290. The van der Waals surface area contributed by atoms with Crippen LogP contribution in [0, 0.1) is 20.8 Å². The molecule has 3 heterocycles. The van der Waals surface area contributed by atoms with Crippen molar-refractivity contribution in [2.75, 3.05) is 20.8 Å². The highest BCUT2D eigenvalue weighted by molar-refractivity contribution is 7.15. The zero-order valence-electron chi connectivity index (χ0n) is 25.7. The summed E-state index contributed by atoms with van der Waals surface area (Å²) in [5, 5.41) is 25.7. The van der Waals surface area contributed by atoms with Gasteiger partial charge in [-0.05, 0) is 44.0 Å². The van der Waals surface area contributed by atoms with E-state index in [4.69, 9.17) is 34.2 Å². The van der Waals surface area contributed by atoms with Gasteiger partial charge < -0.3 is 24.4 Å². The molecule has 0 saturated heterocycles. The molecule has 47 heavy (non-hydrogen) atoms. The van der Waals surface area contributed by atoms with Crippen LogP contribution in [-0.4, -0.2) is 75.6 Å². The van der Waals surface area contributed by atoms with Crippen LogP contribution >= 0.6 is 11.3 Å². The number of benzene rings is 2. The number of aromatic nitrogens is 3. The highest BCUT2D eigenvalue weighted by atomic mass is 32.1. The van der Waals surface area contributed by atoms with Gasteiger partial charge in [0.2, 0.25) is 0 Å². The summed E-state index contributed by atoms with van der Waals surface area (Å²) in [4.78, 5) is 38.4. The Hall–Kier alpha value is -5.25. The molecule has 5 rings (SSSR count). The Morgan fingerprint density at radius 3 is 2.19 bits per heavy atom. The summed E-state index contributed by atoms with van der Waals surface area (Å²) in [7, 11) is 2.92. The smallest absolute Gasteiger partial charge is 0.490 e. The second-order valence-electron chi connectivity index (χ2n) is 10.1. The standard InChI is InChI=1S/C29H28N4O6S.C2HF3O2/c1-15-16(2)40-29-26(15)27(30-22(13-25(36)38-5)28-32-31-17(3)33(28)29)19-8-6-18(7-9-19)21-11-10-20(12-23(21)37-4)39-14-24(34)35;3-2(4,5)1(6)7/h6-12,22H,13-14H2,1-5H3,(H,34,35);(H,6,7)/t22-;/m0./s1. The molecule has 4 aromatic rings. The number of aliphatic imine (C=N–C) groups is 1. The number of carbonyl (C=O) groups excluding carboxylic acids is 1. The molecule has 0 unspecified atom stereocenters. The maximum Gasteiger partial charge on any atom is 0.490 e.